The summed E-state index contributed by atoms with van der Waals surface area (Å²) >= 11 is 13.5. The SMILES string of the molecule is CNC(=O)C#Cc1ccc2c(c1)[C@@H](N)C1(CCN(c3cnc(Sc4cc(N)nc(Cl)c4Cl)c(N)n3)CC1)C2. The molecule has 1 fully saturated rings. The topological polar surface area (TPSA) is 149 Å². The van der Waals surface area contributed by atoms with Gasteiger partial charge in [-0.2, -0.15) is 0 Å². The van der Waals surface area contributed by atoms with Crippen LogP contribution in [-0.4, -0.2) is 41.0 Å². The molecular weight excluding hydrogens is 543 g/mol. The van der Waals surface area contributed by atoms with Crippen molar-refractivity contribution in [3.63, 3.8) is 0 Å². The van der Waals surface area contributed by atoms with Crippen molar-refractivity contribution in [1.82, 2.24) is 20.3 Å². The minimum Gasteiger partial charge on any atom is -0.384 e. The lowest BCUT2D eigenvalue weighted by molar-refractivity contribution is -0.115. The molecule has 5 rings (SSSR count). The van der Waals surface area contributed by atoms with Crippen LogP contribution in [0.3, 0.4) is 0 Å². The standard InChI is InChI=1S/C26H26Cl2N8OS/c1-32-20(37)5-3-14-2-4-15-12-26(22(30)16(15)10-14)6-8-36(9-7-26)19-13-33-25(24(31)35-19)38-17-11-18(29)34-23(28)21(17)27/h2,4,10-11,13,22H,6-9,12,30H2,1H3,(H2,29,34)(H2,31,35)(H,32,37)/t22-/m1/s1. The third-order valence-corrected chi connectivity index (χ3v) is 9.09. The lowest BCUT2D eigenvalue weighted by atomic mass is 9.73. The van der Waals surface area contributed by atoms with Gasteiger partial charge in [-0.15, -0.1) is 0 Å². The molecule has 196 valence electrons. The summed E-state index contributed by atoms with van der Waals surface area (Å²) in [6, 6.07) is 7.59. The molecule has 0 radical (unpaired) electrons. The number of carbonyl (C=O) groups excluding carboxylic acids is 1. The first-order valence-corrected chi connectivity index (χ1v) is 13.6. The van der Waals surface area contributed by atoms with Crippen molar-refractivity contribution in [1.29, 1.82) is 0 Å². The van der Waals surface area contributed by atoms with Crippen LogP contribution in [0.4, 0.5) is 17.5 Å². The van der Waals surface area contributed by atoms with Gasteiger partial charge in [0.15, 0.2) is 11.0 Å². The number of piperidine rings is 1. The van der Waals surface area contributed by atoms with Crippen LogP contribution < -0.4 is 27.4 Å². The number of hydrogen-bond acceptors (Lipinski definition) is 9. The number of fused-ring (bicyclic) bond motifs is 1. The first-order chi connectivity index (χ1) is 18.2. The van der Waals surface area contributed by atoms with Crippen LogP contribution in [0.2, 0.25) is 10.2 Å². The van der Waals surface area contributed by atoms with Gasteiger partial charge < -0.3 is 27.4 Å². The highest BCUT2D eigenvalue weighted by Crippen LogP contribution is 2.51. The number of halogens is 2. The van der Waals surface area contributed by atoms with Gasteiger partial charge in [0.25, 0.3) is 5.91 Å². The molecule has 2 aromatic heterocycles. The van der Waals surface area contributed by atoms with Crippen LogP contribution in [0.15, 0.2) is 40.4 Å². The van der Waals surface area contributed by atoms with Crippen molar-refractivity contribution in [2.75, 3.05) is 36.5 Å². The smallest absolute Gasteiger partial charge is 0.295 e. The Balaban J connectivity index is 1.27. The van der Waals surface area contributed by atoms with Crippen LogP contribution in [0.5, 0.6) is 0 Å². The molecular formula is C26H26Cl2N8OS. The average molecular weight is 570 g/mol. The zero-order chi connectivity index (χ0) is 27.0. The van der Waals surface area contributed by atoms with Gasteiger partial charge in [-0.25, -0.2) is 15.0 Å². The summed E-state index contributed by atoms with van der Waals surface area (Å²) in [5.74, 6) is 6.46. The predicted octanol–water partition coefficient (Wildman–Crippen LogP) is 3.43. The summed E-state index contributed by atoms with van der Waals surface area (Å²) in [7, 11) is 1.56. The van der Waals surface area contributed by atoms with Crippen LogP contribution >= 0.6 is 35.0 Å². The quantitative estimate of drug-likeness (QED) is 0.275. The molecule has 3 heterocycles. The van der Waals surface area contributed by atoms with E-state index in [0.717, 1.165) is 49.3 Å². The van der Waals surface area contributed by atoms with Crippen molar-refractivity contribution in [3.05, 3.63) is 57.3 Å². The number of pyridine rings is 1. The number of nitrogens with two attached hydrogens (primary N) is 3. The molecule has 3 aromatic rings. The highest BCUT2D eigenvalue weighted by Gasteiger charge is 2.46. The zero-order valence-corrected chi connectivity index (χ0v) is 22.9. The Hall–Kier alpha value is -3.23. The van der Waals surface area contributed by atoms with Gasteiger partial charge in [-0.3, -0.25) is 4.79 Å². The van der Waals surface area contributed by atoms with Crippen LogP contribution in [-0.2, 0) is 11.2 Å². The van der Waals surface area contributed by atoms with Crippen molar-refractivity contribution in [2.24, 2.45) is 11.1 Å². The minimum absolute atomic E-state index is 0.0300. The maximum Gasteiger partial charge on any atom is 0.295 e. The Bertz CT molecular complexity index is 1480. The molecule has 1 aliphatic carbocycles. The molecule has 1 atom stereocenters. The van der Waals surface area contributed by atoms with E-state index in [1.165, 1.54) is 17.3 Å². The molecule has 7 N–H and O–H groups in total. The number of anilines is 3. The molecule has 0 unspecified atom stereocenters. The van der Waals surface area contributed by atoms with E-state index >= 15 is 0 Å². The third kappa shape index (κ3) is 5.07. The van der Waals surface area contributed by atoms with Gasteiger partial charge in [0.05, 0.1) is 11.2 Å². The van der Waals surface area contributed by atoms with Crippen molar-refractivity contribution >= 4 is 58.3 Å². The predicted molar refractivity (Wildman–Crippen MR) is 151 cm³/mol. The van der Waals surface area contributed by atoms with E-state index in [2.05, 4.69) is 43.1 Å². The number of rotatable bonds is 3. The van der Waals surface area contributed by atoms with E-state index in [0.29, 0.717) is 15.7 Å². The number of aromatic nitrogens is 3. The highest BCUT2D eigenvalue weighted by molar-refractivity contribution is 7.99. The zero-order valence-electron chi connectivity index (χ0n) is 20.6. The van der Waals surface area contributed by atoms with E-state index in [9.17, 15) is 4.79 Å². The molecule has 0 bridgehead atoms. The maximum absolute atomic E-state index is 11.5. The molecule has 38 heavy (non-hydrogen) atoms. The molecule has 2 aliphatic rings. The molecule has 0 saturated carbocycles. The van der Waals surface area contributed by atoms with E-state index in [1.807, 2.05) is 12.1 Å². The van der Waals surface area contributed by atoms with Crippen molar-refractivity contribution in [3.8, 4) is 11.8 Å². The normalized spacial score (nSPS) is 17.6. The fourth-order valence-corrected chi connectivity index (χ4v) is 6.39. The number of nitrogen functional groups attached to an aromatic ring is 2. The first-order valence-electron chi connectivity index (χ1n) is 12.0. The highest BCUT2D eigenvalue weighted by atomic mass is 35.5. The van der Waals surface area contributed by atoms with E-state index in [1.54, 1.807) is 19.3 Å². The second-order valence-electron chi connectivity index (χ2n) is 9.42. The average Bonchev–Trinajstić information content (AvgIpc) is 3.17. The van der Waals surface area contributed by atoms with Gasteiger partial charge in [0.1, 0.15) is 16.7 Å². The number of nitrogens with zero attached hydrogens (tertiary/aromatic N) is 4. The number of hydrogen-bond donors (Lipinski definition) is 4. The maximum atomic E-state index is 11.5. The third-order valence-electron chi connectivity index (χ3n) is 7.18. The van der Waals surface area contributed by atoms with Crippen molar-refractivity contribution < 1.29 is 4.79 Å². The molecule has 1 aliphatic heterocycles. The Kier molecular flexibility index (Phi) is 7.29. The fourth-order valence-electron chi connectivity index (χ4n) is 5.09. The second-order valence-corrected chi connectivity index (χ2v) is 11.2. The van der Waals surface area contributed by atoms with E-state index in [-0.39, 0.29) is 33.4 Å². The minimum atomic E-state index is -0.316. The van der Waals surface area contributed by atoms with E-state index < -0.39 is 0 Å². The summed E-state index contributed by atoms with van der Waals surface area (Å²) in [5, 5.41) is 3.43. The molecule has 1 spiro atoms. The van der Waals surface area contributed by atoms with Gasteiger partial charge in [-0.1, -0.05) is 47.0 Å². The van der Waals surface area contributed by atoms with Crippen LogP contribution in [0.1, 0.15) is 35.6 Å². The lowest BCUT2D eigenvalue weighted by Crippen LogP contribution is -2.44. The van der Waals surface area contributed by atoms with Crippen LogP contribution in [0, 0.1) is 17.3 Å². The van der Waals surface area contributed by atoms with Crippen LogP contribution in [0.25, 0.3) is 0 Å². The summed E-state index contributed by atoms with van der Waals surface area (Å²) in [4.78, 5) is 27.4. The number of carbonyl (C=O) groups is 1. The number of nitrogens with one attached hydrogen (secondary N) is 1. The van der Waals surface area contributed by atoms with Gasteiger partial charge in [0.2, 0.25) is 0 Å². The fraction of sp³-hybridized carbons (Fsp3) is 0.308. The molecule has 1 aromatic carbocycles. The molecule has 1 amide bonds. The molecule has 9 nitrogen and oxygen atoms in total. The molecule has 12 heteroatoms. The Morgan fingerprint density at radius 3 is 2.68 bits per heavy atom. The van der Waals surface area contributed by atoms with Gasteiger partial charge in [0, 0.05) is 42.6 Å². The monoisotopic (exact) mass is 568 g/mol. The number of amides is 1. The summed E-state index contributed by atoms with van der Waals surface area (Å²) in [5.41, 5.74) is 22.0. The number of benzene rings is 1. The second kappa shape index (κ2) is 10.5. The summed E-state index contributed by atoms with van der Waals surface area (Å²) in [6.45, 7) is 1.57. The van der Waals surface area contributed by atoms with Crippen molar-refractivity contribution in [2.45, 2.75) is 35.2 Å². The summed E-state index contributed by atoms with van der Waals surface area (Å²) < 4.78 is 0. The molecule has 1 saturated heterocycles. The van der Waals surface area contributed by atoms with Gasteiger partial charge >= 0.3 is 0 Å². The Morgan fingerprint density at radius 2 is 1.97 bits per heavy atom. The summed E-state index contributed by atoms with van der Waals surface area (Å²) in [6.07, 6.45) is 4.45. The Labute approximate surface area is 234 Å². The first kappa shape index (κ1) is 26.4. The van der Waals surface area contributed by atoms with Gasteiger partial charge in [-0.05, 0) is 54.0 Å². The largest absolute Gasteiger partial charge is 0.384 e. The lowest BCUT2D eigenvalue weighted by Gasteiger charge is -2.42. The Morgan fingerprint density at radius 1 is 1.21 bits per heavy atom. The van der Waals surface area contributed by atoms with E-state index in [4.69, 9.17) is 40.4 Å².